The van der Waals surface area contributed by atoms with Crippen LogP contribution in [0.25, 0.3) is 0 Å². The Balaban J connectivity index is 1.80. The molecule has 1 fully saturated rings. The first-order valence-electron chi connectivity index (χ1n) is 12.5. The second-order valence-corrected chi connectivity index (χ2v) is 9.91. The van der Waals surface area contributed by atoms with Crippen molar-refractivity contribution in [3.05, 3.63) is 24.3 Å². The standard InChI is InChI=1S/C26H42N2O8/c1-8-31-22-11-9-10-12-23(22)34-16-20-15-28(13-14-32-20)25(30)35-19(4)33-17-21(18(2)3)27-24(29)36-26(5,6)7/h9-12,18-21H,8,13-17H2,1-7H3,(H,27,29)/t19?,20-,21+/m0/s1. The van der Waals surface area contributed by atoms with Gasteiger partial charge >= 0.3 is 12.2 Å². The maximum atomic E-state index is 12.7. The summed E-state index contributed by atoms with van der Waals surface area (Å²) in [6.45, 7) is 15.0. The zero-order chi connectivity index (χ0) is 26.7. The number of nitrogens with one attached hydrogen (secondary N) is 1. The molecule has 36 heavy (non-hydrogen) atoms. The Hall–Kier alpha value is -2.72. The molecule has 10 heteroatoms. The van der Waals surface area contributed by atoms with E-state index in [4.69, 9.17) is 28.4 Å². The van der Waals surface area contributed by atoms with E-state index in [1.807, 2.05) is 45.0 Å². The van der Waals surface area contributed by atoms with Gasteiger partial charge in [-0.25, -0.2) is 9.59 Å². The van der Waals surface area contributed by atoms with Crippen molar-refractivity contribution in [2.24, 2.45) is 5.92 Å². The summed E-state index contributed by atoms with van der Waals surface area (Å²) in [5.41, 5.74) is -0.594. The molecule has 0 radical (unpaired) electrons. The predicted molar refractivity (Wildman–Crippen MR) is 134 cm³/mol. The van der Waals surface area contributed by atoms with Crippen molar-refractivity contribution in [1.29, 1.82) is 0 Å². The van der Waals surface area contributed by atoms with Gasteiger partial charge in [0, 0.05) is 6.54 Å². The molecule has 2 amide bonds. The molecule has 0 bridgehead atoms. The molecule has 0 spiro atoms. The summed E-state index contributed by atoms with van der Waals surface area (Å²) >= 11 is 0. The fourth-order valence-corrected chi connectivity index (χ4v) is 3.36. The first kappa shape index (κ1) is 29.5. The van der Waals surface area contributed by atoms with Gasteiger partial charge in [-0.05, 0) is 52.7 Å². The SMILES string of the molecule is CCOc1ccccc1OC[C@@H]1CN(C(=O)OC(C)OC[C@@H](NC(=O)OC(C)(C)C)C(C)C)CCO1. The van der Waals surface area contributed by atoms with E-state index in [1.165, 1.54) is 0 Å². The lowest BCUT2D eigenvalue weighted by Crippen LogP contribution is -2.49. The van der Waals surface area contributed by atoms with Crippen molar-refractivity contribution in [3.8, 4) is 11.5 Å². The third-order valence-corrected chi connectivity index (χ3v) is 5.25. The van der Waals surface area contributed by atoms with Crippen LogP contribution in [0.1, 0.15) is 48.5 Å². The summed E-state index contributed by atoms with van der Waals surface area (Å²) < 4.78 is 33.7. The molecule has 1 aliphatic heterocycles. The number of amides is 2. The lowest BCUT2D eigenvalue weighted by atomic mass is 10.1. The van der Waals surface area contributed by atoms with Crippen molar-refractivity contribution in [1.82, 2.24) is 10.2 Å². The molecule has 0 saturated carbocycles. The largest absolute Gasteiger partial charge is 0.490 e. The number of ether oxygens (including phenoxy) is 6. The van der Waals surface area contributed by atoms with Crippen LogP contribution >= 0.6 is 0 Å². The Morgan fingerprint density at radius 1 is 1.14 bits per heavy atom. The van der Waals surface area contributed by atoms with Crippen LogP contribution in [-0.2, 0) is 18.9 Å². The minimum absolute atomic E-state index is 0.0910. The fraction of sp³-hybridized carbons (Fsp3) is 0.692. The molecule has 0 aliphatic carbocycles. The molecule has 0 aromatic heterocycles. The highest BCUT2D eigenvalue weighted by atomic mass is 16.7. The van der Waals surface area contributed by atoms with E-state index >= 15 is 0 Å². The van der Waals surface area contributed by atoms with Crippen LogP contribution < -0.4 is 14.8 Å². The quantitative estimate of drug-likeness (QED) is 0.442. The molecule has 1 heterocycles. The van der Waals surface area contributed by atoms with Crippen molar-refractivity contribution >= 4 is 12.2 Å². The molecule has 1 saturated heterocycles. The van der Waals surface area contributed by atoms with Gasteiger partial charge in [0.1, 0.15) is 18.3 Å². The predicted octanol–water partition coefficient (Wildman–Crippen LogP) is 4.21. The summed E-state index contributed by atoms with van der Waals surface area (Å²) in [6, 6.07) is 7.13. The lowest BCUT2D eigenvalue weighted by Gasteiger charge is -2.33. The molecular formula is C26H42N2O8. The van der Waals surface area contributed by atoms with E-state index in [0.29, 0.717) is 37.8 Å². The number of morpholine rings is 1. The van der Waals surface area contributed by atoms with Crippen LogP contribution in [0.3, 0.4) is 0 Å². The van der Waals surface area contributed by atoms with Crippen molar-refractivity contribution in [2.45, 2.75) is 72.5 Å². The minimum Gasteiger partial charge on any atom is -0.490 e. The van der Waals surface area contributed by atoms with E-state index in [2.05, 4.69) is 5.32 Å². The Morgan fingerprint density at radius 2 is 1.81 bits per heavy atom. The van der Waals surface area contributed by atoms with Crippen molar-refractivity contribution in [3.63, 3.8) is 0 Å². The highest BCUT2D eigenvalue weighted by Crippen LogP contribution is 2.26. The average molecular weight is 511 g/mol. The van der Waals surface area contributed by atoms with Crippen LogP contribution in [0.4, 0.5) is 9.59 Å². The van der Waals surface area contributed by atoms with Gasteiger partial charge in [0.2, 0.25) is 6.29 Å². The number of para-hydroxylation sites is 2. The van der Waals surface area contributed by atoms with Gasteiger partial charge in [0.25, 0.3) is 0 Å². The molecule has 1 unspecified atom stereocenters. The van der Waals surface area contributed by atoms with Crippen molar-refractivity contribution < 1.29 is 38.0 Å². The van der Waals surface area contributed by atoms with E-state index in [9.17, 15) is 9.59 Å². The summed E-state index contributed by atoms with van der Waals surface area (Å²) in [6.07, 6.45) is -2.11. The van der Waals surface area contributed by atoms with Gasteiger partial charge in [-0.2, -0.15) is 0 Å². The topological polar surface area (TPSA) is 105 Å². The van der Waals surface area contributed by atoms with E-state index in [1.54, 1.807) is 32.6 Å². The maximum Gasteiger partial charge on any atom is 0.412 e. The van der Waals surface area contributed by atoms with Crippen LogP contribution in [0, 0.1) is 5.92 Å². The number of carbonyl (C=O) groups is 2. The molecular weight excluding hydrogens is 468 g/mol. The van der Waals surface area contributed by atoms with Gasteiger partial charge in [-0.1, -0.05) is 26.0 Å². The maximum absolute atomic E-state index is 12.7. The average Bonchev–Trinajstić information content (AvgIpc) is 2.80. The van der Waals surface area contributed by atoms with E-state index in [-0.39, 0.29) is 31.3 Å². The number of nitrogens with zero attached hydrogens (tertiary/aromatic N) is 1. The normalized spacial score (nSPS) is 17.8. The molecule has 10 nitrogen and oxygen atoms in total. The minimum atomic E-state index is -0.796. The van der Waals surface area contributed by atoms with Crippen LogP contribution in [-0.4, -0.2) is 80.6 Å². The van der Waals surface area contributed by atoms with Gasteiger partial charge in [0.15, 0.2) is 11.5 Å². The fourth-order valence-electron chi connectivity index (χ4n) is 3.36. The number of benzene rings is 1. The smallest absolute Gasteiger partial charge is 0.412 e. The van der Waals surface area contributed by atoms with Gasteiger partial charge < -0.3 is 38.6 Å². The summed E-state index contributed by atoms with van der Waals surface area (Å²) in [5, 5.41) is 2.81. The Morgan fingerprint density at radius 3 is 2.42 bits per heavy atom. The molecule has 1 aliphatic rings. The second-order valence-electron chi connectivity index (χ2n) is 9.91. The molecule has 1 N–H and O–H groups in total. The summed E-state index contributed by atoms with van der Waals surface area (Å²) in [7, 11) is 0. The monoisotopic (exact) mass is 510 g/mol. The third kappa shape index (κ3) is 10.5. The summed E-state index contributed by atoms with van der Waals surface area (Å²) in [5.74, 6) is 1.39. The van der Waals surface area contributed by atoms with Crippen LogP contribution in [0.15, 0.2) is 24.3 Å². The highest BCUT2D eigenvalue weighted by Gasteiger charge is 2.28. The lowest BCUT2D eigenvalue weighted by molar-refractivity contribution is -0.116. The van der Waals surface area contributed by atoms with E-state index in [0.717, 1.165) is 0 Å². The highest BCUT2D eigenvalue weighted by molar-refractivity contribution is 5.68. The molecule has 204 valence electrons. The molecule has 1 aromatic rings. The van der Waals surface area contributed by atoms with Crippen LogP contribution in [0.5, 0.6) is 11.5 Å². The van der Waals surface area contributed by atoms with Crippen LogP contribution in [0.2, 0.25) is 0 Å². The number of hydrogen-bond donors (Lipinski definition) is 1. The zero-order valence-corrected chi connectivity index (χ0v) is 22.6. The Labute approximate surface area is 214 Å². The van der Waals surface area contributed by atoms with Gasteiger partial charge in [0.05, 0.1) is 32.4 Å². The number of alkyl carbamates (subject to hydrolysis) is 1. The zero-order valence-electron chi connectivity index (χ0n) is 22.6. The van der Waals surface area contributed by atoms with Crippen molar-refractivity contribution in [2.75, 3.05) is 39.5 Å². The summed E-state index contributed by atoms with van der Waals surface area (Å²) in [4.78, 5) is 26.4. The van der Waals surface area contributed by atoms with E-state index < -0.39 is 24.1 Å². The molecule has 1 aromatic carbocycles. The second kappa shape index (κ2) is 14.1. The third-order valence-electron chi connectivity index (χ3n) is 5.25. The first-order chi connectivity index (χ1) is 17.0. The molecule has 3 atom stereocenters. The Bertz CT molecular complexity index is 826. The molecule has 2 rings (SSSR count). The van der Waals surface area contributed by atoms with Gasteiger partial charge in [-0.3, -0.25) is 0 Å². The first-order valence-corrected chi connectivity index (χ1v) is 12.5. The Kier molecular flexibility index (Phi) is 11.6. The number of carbonyl (C=O) groups excluding carboxylic acids is 2. The number of rotatable bonds is 11. The van der Waals surface area contributed by atoms with Gasteiger partial charge in [-0.15, -0.1) is 0 Å². The number of hydrogen-bond acceptors (Lipinski definition) is 8.